The molecule has 0 aromatic carbocycles. The van der Waals surface area contributed by atoms with Crippen LogP contribution in [0.5, 0.6) is 0 Å². The third-order valence-electron chi connectivity index (χ3n) is 4.40. The van der Waals surface area contributed by atoms with Crippen LogP contribution >= 0.6 is 11.3 Å². The number of carbonyl (C=O) groups is 1. The van der Waals surface area contributed by atoms with Crippen molar-refractivity contribution in [3.05, 3.63) is 51.5 Å². The molecule has 0 fully saturated rings. The van der Waals surface area contributed by atoms with Crippen molar-refractivity contribution < 1.29 is 27.5 Å². The van der Waals surface area contributed by atoms with E-state index in [4.69, 9.17) is 0 Å². The van der Waals surface area contributed by atoms with Gasteiger partial charge in [-0.25, -0.2) is 9.07 Å². The van der Waals surface area contributed by atoms with Crippen molar-refractivity contribution in [1.82, 2.24) is 40.8 Å². The number of aryl methyl sites for hydroxylation is 1. The van der Waals surface area contributed by atoms with E-state index in [1.807, 2.05) is 0 Å². The lowest BCUT2D eigenvalue weighted by Crippen LogP contribution is -2.21. The van der Waals surface area contributed by atoms with Gasteiger partial charge in [-0.3, -0.25) is 15.1 Å². The van der Waals surface area contributed by atoms with Crippen molar-refractivity contribution in [3.63, 3.8) is 0 Å². The molecule has 178 valence electrons. The maximum absolute atomic E-state index is 14.3. The van der Waals surface area contributed by atoms with Crippen LogP contribution in [0.25, 0.3) is 0 Å². The van der Waals surface area contributed by atoms with E-state index in [2.05, 4.69) is 36.1 Å². The quantitative estimate of drug-likeness (QED) is 0.290. The van der Waals surface area contributed by atoms with Crippen molar-refractivity contribution >= 4 is 17.2 Å². The van der Waals surface area contributed by atoms with Gasteiger partial charge in [0.2, 0.25) is 5.01 Å². The Balaban J connectivity index is 1.47. The normalized spacial score (nSPS) is 13.6. The van der Waals surface area contributed by atoms with Gasteiger partial charge in [0.1, 0.15) is 16.9 Å². The number of amides is 1. The van der Waals surface area contributed by atoms with E-state index in [1.54, 1.807) is 0 Å². The maximum Gasteiger partial charge on any atom is 0.417 e. The molecule has 3 aromatic heterocycles. The molecule has 10 nitrogen and oxygen atoms in total. The van der Waals surface area contributed by atoms with Crippen molar-refractivity contribution in [2.45, 2.75) is 44.5 Å². The van der Waals surface area contributed by atoms with Gasteiger partial charge in [-0.15, -0.1) is 15.3 Å². The number of rotatable bonds is 10. The van der Waals surface area contributed by atoms with E-state index in [0.717, 1.165) is 17.4 Å². The van der Waals surface area contributed by atoms with Crippen LogP contribution in [0.1, 0.15) is 44.3 Å². The molecule has 15 heteroatoms. The van der Waals surface area contributed by atoms with Crippen LogP contribution in [0.3, 0.4) is 0 Å². The maximum atomic E-state index is 14.3. The number of carbonyl (C=O) groups excluding carboxylic acids is 1. The number of hydrogen-bond donors (Lipinski definition) is 3. The molecule has 0 bridgehead atoms. The van der Waals surface area contributed by atoms with E-state index < -0.39 is 24.1 Å². The summed E-state index contributed by atoms with van der Waals surface area (Å²) >= 11 is 1.08. The number of alkyl halides is 4. The van der Waals surface area contributed by atoms with Crippen LogP contribution in [0.15, 0.2) is 24.7 Å². The number of aliphatic hydroxyl groups is 1. The molecule has 0 saturated heterocycles. The number of halogens is 4. The first-order valence-corrected chi connectivity index (χ1v) is 10.5. The number of nitrogens with zero attached hydrogens (tertiary/aromatic N) is 6. The highest BCUT2D eigenvalue weighted by molar-refractivity contribution is 7.13. The molecule has 3 N–H and O–H groups in total. The first-order chi connectivity index (χ1) is 15.7. The second-order valence-corrected chi connectivity index (χ2v) is 8.01. The third kappa shape index (κ3) is 6.97. The van der Waals surface area contributed by atoms with Gasteiger partial charge in [0.05, 0.1) is 18.3 Å². The molecule has 3 heterocycles. The second-order valence-electron chi connectivity index (χ2n) is 6.94. The van der Waals surface area contributed by atoms with Gasteiger partial charge in [-0.2, -0.15) is 13.2 Å². The van der Waals surface area contributed by atoms with Crippen molar-refractivity contribution in [3.8, 4) is 0 Å². The van der Waals surface area contributed by atoms with Gasteiger partial charge in [0, 0.05) is 32.4 Å². The Hall–Kier alpha value is -3.04. The van der Waals surface area contributed by atoms with Gasteiger partial charge >= 0.3 is 6.18 Å². The van der Waals surface area contributed by atoms with Gasteiger partial charge in [-0.1, -0.05) is 16.6 Å². The highest BCUT2D eigenvalue weighted by atomic mass is 32.1. The van der Waals surface area contributed by atoms with Crippen LogP contribution < -0.4 is 10.6 Å². The molecule has 3 aromatic rings. The predicted octanol–water partition coefficient (Wildman–Crippen LogP) is 1.65. The second kappa shape index (κ2) is 10.7. The van der Waals surface area contributed by atoms with E-state index in [0.29, 0.717) is 11.2 Å². The number of pyridine rings is 1. The summed E-state index contributed by atoms with van der Waals surface area (Å²) in [6, 6.07) is 0.923. The lowest BCUT2D eigenvalue weighted by molar-refractivity contribution is -0.137. The van der Waals surface area contributed by atoms with E-state index >= 15 is 0 Å². The van der Waals surface area contributed by atoms with E-state index in [9.17, 15) is 27.5 Å². The zero-order valence-corrected chi connectivity index (χ0v) is 18.1. The van der Waals surface area contributed by atoms with Gasteiger partial charge < -0.3 is 10.4 Å². The first-order valence-electron chi connectivity index (χ1n) is 9.67. The Morgan fingerprint density at radius 2 is 2.06 bits per heavy atom. The summed E-state index contributed by atoms with van der Waals surface area (Å²) in [5.41, 5.74) is -0.590. The smallest absolute Gasteiger partial charge is 0.373 e. The number of nitrogens with one attached hydrogen (secondary N) is 2. The third-order valence-corrected chi connectivity index (χ3v) is 5.38. The minimum atomic E-state index is -4.52. The molecule has 0 spiro atoms. The Kier molecular flexibility index (Phi) is 7.99. The number of aliphatic hydroxyl groups excluding tert-OH is 1. The van der Waals surface area contributed by atoms with Crippen LogP contribution in [-0.2, 0) is 25.7 Å². The molecule has 0 aliphatic carbocycles. The van der Waals surface area contributed by atoms with Gasteiger partial charge in [-0.05, 0) is 18.1 Å². The number of aromatic nitrogens is 6. The molecule has 0 aliphatic rings. The van der Waals surface area contributed by atoms with Crippen LogP contribution in [-0.4, -0.2) is 54.4 Å². The summed E-state index contributed by atoms with van der Waals surface area (Å²) in [7, 11) is 1.47. The minimum Gasteiger partial charge on any atom is -0.373 e. The summed E-state index contributed by atoms with van der Waals surface area (Å²) in [5.74, 6) is -0.359. The molecule has 3 rings (SSSR count). The average molecular weight is 488 g/mol. The molecule has 1 amide bonds. The Bertz CT molecular complexity index is 1070. The molecule has 0 radical (unpaired) electrons. The van der Waals surface area contributed by atoms with Crippen molar-refractivity contribution in [1.29, 1.82) is 0 Å². The fourth-order valence-corrected chi connectivity index (χ4v) is 3.52. The van der Waals surface area contributed by atoms with E-state index in [-0.39, 0.29) is 48.1 Å². The molecule has 0 saturated carbocycles. The Labute approximate surface area is 189 Å². The molecule has 33 heavy (non-hydrogen) atoms. The monoisotopic (exact) mass is 488 g/mol. The highest BCUT2D eigenvalue weighted by Crippen LogP contribution is 2.29. The zero-order chi connectivity index (χ0) is 24.0. The summed E-state index contributed by atoms with van der Waals surface area (Å²) in [6.45, 7) is -0.227. The lowest BCUT2D eigenvalue weighted by atomic mass is 10.2. The van der Waals surface area contributed by atoms with Crippen molar-refractivity contribution in [2.75, 3.05) is 7.05 Å². The van der Waals surface area contributed by atoms with Crippen molar-refractivity contribution in [2.24, 2.45) is 0 Å². The summed E-state index contributed by atoms with van der Waals surface area (Å²) in [6.07, 6.45) is -3.45. The summed E-state index contributed by atoms with van der Waals surface area (Å²) in [5, 5.41) is 31.1. The average Bonchev–Trinajstić information content (AvgIpc) is 3.45. The molecular weight excluding hydrogens is 468 g/mol. The fourth-order valence-electron chi connectivity index (χ4n) is 2.71. The molecular formula is C18H20F4N8O2S. The summed E-state index contributed by atoms with van der Waals surface area (Å²) in [4.78, 5) is 15.0. The van der Waals surface area contributed by atoms with Gasteiger partial charge in [0.25, 0.3) is 5.91 Å². The topological polar surface area (TPSA) is 131 Å². The summed E-state index contributed by atoms with van der Waals surface area (Å²) < 4.78 is 53.8. The Morgan fingerprint density at radius 3 is 2.79 bits per heavy atom. The molecule has 0 aliphatic heterocycles. The number of hydrogen-bond acceptors (Lipinski definition) is 9. The standard InChI is InChI=1S/C18H20F4N8O2S/c1-23-16(32)17-28-27-14(33-17)3-2-12(19)8-30-9-13(26-29-30)15(31)25-6-10-4-11(7-24-5-10)18(20,21)22/h4-5,7,9,12,15,25,31H,2-3,6,8H2,1H3,(H,23,32). The van der Waals surface area contributed by atoms with E-state index in [1.165, 1.54) is 24.1 Å². The van der Waals surface area contributed by atoms with Crippen LogP contribution in [0, 0.1) is 0 Å². The molecule has 2 atom stereocenters. The first kappa shape index (κ1) is 24.6. The lowest BCUT2D eigenvalue weighted by Gasteiger charge is -2.11. The fraction of sp³-hybridized carbons (Fsp3) is 0.444. The Morgan fingerprint density at radius 1 is 1.27 bits per heavy atom. The van der Waals surface area contributed by atoms with Crippen LogP contribution in [0.4, 0.5) is 17.6 Å². The van der Waals surface area contributed by atoms with Gasteiger partial charge in [0.15, 0.2) is 6.23 Å². The largest absolute Gasteiger partial charge is 0.417 e. The SMILES string of the molecule is CNC(=O)c1nnc(CCC(F)Cn2cc(C(O)NCc3cncc(C(F)(F)F)c3)nn2)s1. The minimum absolute atomic E-state index is 0.0847. The predicted molar refractivity (Wildman–Crippen MR) is 108 cm³/mol. The zero-order valence-electron chi connectivity index (χ0n) is 17.3. The molecule has 2 unspecified atom stereocenters. The van der Waals surface area contributed by atoms with Crippen LogP contribution in [0.2, 0.25) is 0 Å². The highest BCUT2D eigenvalue weighted by Gasteiger charge is 2.31.